The minimum absolute atomic E-state index is 0.0870. The first-order valence-corrected chi connectivity index (χ1v) is 8.95. The molecule has 3 rings (SSSR count). The molecule has 0 radical (unpaired) electrons. The van der Waals surface area contributed by atoms with Gasteiger partial charge in [0.2, 0.25) is 0 Å². The van der Waals surface area contributed by atoms with Gasteiger partial charge in [0.15, 0.2) is 0 Å². The predicted octanol–water partition coefficient (Wildman–Crippen LogP) is 3.73. The quantitative estimate of drug-likeness (QED) is 0.705. The SMILES string of the molecule is CCC(C)N(Cc1cccc(OC)c1)Cc1nc2ccccc2c(=O)[nH]1. The first-order chi connectivity index (χ1) is 12.6. The molecule has 0 aliphatic heterocycles. The number of aromatic amines is 1. The summed E-state index contributed by atoms with van der Waals surface area (Å²) in [5.41, 5.74) is 1.82. The average Bonchev–Trinajstić information content (AvgIpc) is 2.67. The van der Waals surface area contributed by atoms with E-state index in [0.29, 0.717) is 23.8 Å². The second-order valence-corrected chi connectivity index (χ2v) is 6.54. The van der Waals surface area contributed by atoms with E-state index < -0.39 is 0 Å². The van der Waals surface area contributed by atoms with Gasteiger partial charge in [-0.3, -0.25) is 9.69 Å². The van der Waals surface area contributed by atoms with Crippen molar-refractivity contribution in [2.75, 3.05) is 7.11 Å². The number of para-hydroxylation sites is 1. The molecule has 1 atom stereocenters. The number of hydrogen-bond donors (Lipinski definition) is 1. The lowest BCUT2D eigenvalue weighted by Crippen LogP contribution is -2.33. The van der Waals surface area contributed by atoms with Gasteiger partial charge in [0.05, 0.1) is 24.6 Å². The standard InChI is InChI=1S/C21H25N3O2/c1-4-15(2)24(13-16-8-7-9-17(12-16)26-3)14-20-22-19-11-6-5-10-18(19)21(25)23-20/h5-12,15H,4,13-14H2,1-3H3,(H,22,23,25). The van der Waals surface area contributed by atoms with Crippen LogP contribution in [0.25, 0.3) is 10.9 Å². The first-order valence-electron chi connectivity index (χ1n) is 8.95. The van der Waals surface area contributed by atoms with Gasteiger partial charge < -0.3 is 9.72 Å². The van der Waals surface area contributed by atoms with Gasteiger partial charge >= 0.3 is 0 Å². The molecule has 0 aliphatic carbocycles. The summed E-state index contributed by atoms with van der Waals surface area (Å²) in [6.07, 6.45) is 1.02. The lowest BCUT2D eigenvalue weighted by molar-refractivity contribution is 0.181. The number of fused-ring (bicyclic) bond motifs is 1. The molecule has 5 heteroatoms. The van der Waals surface area contributed by atoms with E-state index in [1.54, 1.807) is 13.2 Å². The van der Waals surface area contributed by atoms with E-state index in [1.807, 2.05) is 36.4 Å². The Morgan fingerprint density at radius 2 is 1.96 bits per heavy atom. The molecular weight excluding hydrogens is 326 g/mol. The van der Waals surface area contributed by atoms with Gasteiger partial charge in [0, 0.05) is 12.6 Å². The number of nitrogens with one attached hydrogen (secondary N) is 1. The van der Waals surface area contributed by atoms with Crippen molar-refractivity contribution < 1.29 is 4.74 Å². The highest BCUT2D eigenvalue weighted by Gasteiger charge is 2.16. The second-order valence-electron chi connectivity index (χ2n) is 6.54. The van der Waals surface area contributed by atoms with E-state index in [4.69, 9.17) is 4.74 Å². The zero-order valence-corrected chi connectivity index (χ0v) is 15.5. The third-order valence-corrected chi connectivity index (χ3v) is 4.75. The molecule has 1 N–H and O–H groups in total. The van der Waals surface area contributed by atoms with Crippen LogP contribution < -0.4 is 10.3 Å². The molecule has 0 aliphatic rings. The van der Waals surface area contributed by atoms with Crippen molar-refractivity contribution in [2.24, 2.45) is 0 Å². The summed E-state index contributed by atoms with van der Waals surface area (Å²) < 4.78 is 5.33. The molecule has 136 valence electrons. The van der Waals surface area contributed by atoms with Crippen molar-refractivity contribution in [1.82, 2.24) is 14.9 Å². The van der Waals surface area contributed by atoms with Crippen molar-refractivity contribution in [3.63, 3.8) is 0 Å². The highest BCUT2D eigenvalue weighted by atomic mass is 16.5. The van der Waals surface area contributed by atoms with E-state index in [9.17, 15) is 4.79 Å². The van der Waals surface area contributed by atoms with E-state index in [-0.39, 0.29) is 5.56 Å². The van der Waals surface area contributed by atoms with Gasteiger partial charge in [0.25, 0.3) is 5.56 Å². The van der Waals surface area contributed by atoms with Crippen molar-refractivity contribution in [3.05, 3.63) is 70.3 Å². The summed E-state index contributed by atoms with van der Waals surface area (Å²) in [5, 5.41) is 0.624. The van der Waals surface area contributed by atoms with Gasteiger partial charge in [-0.2, -0.15) is 0 Å². The Labute approximate surface area is 153 Å². The van der Waals surface area contributed by atoms with Crippen molar-refractivity contribution in [3.8, 4) is 5.75 Å². The summed E-state index contributed by atoms with van der Waals surface area (Å²) >= 11 is 0. The maximum Gasteiger partial charge on any atom is 0.258 e. The Hall–Kier alpha value is -2.66. The number of benzene rings is 2. The lowest BCUT2D eigenvalue weighted by atomic mass is 10.1. The summed E-state index contributed by atoms with van der Waals surface area (Å²) in [6, 6.07) is 15.9. The van der Waals surface area contributed by atoms with Crippen molar-refractivity contribution in [1.29, 1.82) is 0 Å². The average molecular weight is 351 g/mol. The van der Waals surface area contributed by atoms with E-state index in [2.05, 4.69) is 34.8 Å². The second kappa shape index (κ2) is 8.15. The summed E-state index contributed by atoms with van der Waals surface area (Å²) in [5.74, 6) is 1.54. The Balaban J connectivity index is 1.88. The predicted molar refractivity (Wildman–Crippen MR) is 104 cm³/mol. The molecule has 0 fully saturated rings. The van der Waals surface area contributed by atoms with Crippen LogP contribution in [0, 0.1) is 0 Å². The molecule has 1 aromatic heterocycles. The molecular formula is C21H25N3O2. The van der Waals surface area contributed by atoms with Crippen LogP contribution in [0.3, 0.4) is 0 Å². The Morgan fingerprint density at radius 3 is 2.73 bits per heavy atom. The molecule has 2 aromatic carbocycles. The Bertz CT molecular complexity index is 936. The van der Waals surface area contributed by atoms with Crippen LogP contribution in [0.1, 0.15) is 31.7 Å². The minimum atomic E-state index is -0.0870. The number of hydrogen-bond acceptors (Lipinski definition) is 4. The number of aromatic nitrogens is 2. The number of ether oxygens (including phenoxy) is 1. The fourth-order valence-electron chi connectivity index (χ4n) is 3.03. The normalized spacial score (nSPS) is 12.5. The number of rotatable bonds is 7. The zero-order chi connectivity index (χ0) is 18.5. The monoisotopic (exact) mass is 351 g/mol. The van der Waals surface area contributed by atoms with Crippen molar-refractivity contribution >= 4 is 10.9 Å². The van der Waals surface area contributed by atoms with E-state index >= 15 is 0 Å². The molecule has 1 heterocycles. The maximum absolute atomic E-state index is 12.3. The number of H-pyrrole nitrogens is 1. The smallest absolute Gasteiger partial charge is 0.258 e. The summed E-state index contributed by atoms with van der Waals surface area (Å²) in [7, 11) is 1.68. The summed E-state index contributed by atoms with van der Waals surface area (Å²) in [4.78, 5) is 22.2. The molecule has 0 bridgehead atoms. The Morgan fingerprint density at radius 1 is 1.15 bits per heavy atom. The van der Waals surface area contributed by atoms with Crippen molar-refractivity contribution in [2.45, 2.75) is 39.4 Å². The van der Waals surface area contributed by atoms with Gasteiger partial charge in [-0.25, -0.2) is 4.98 Å². The third kappa shape index (κ3) is 4.11. The lowest BCUT2D eigenvalue weighted by Gasteiger charge is -2.28. The minimum Gasteiger partial charge on any atom is -0.497 e. The molecule has 3 aromatic rings. The van der Waals surface area contributed by atoms with Crippen LogP contribution in [-0.2, 0) is 13.1 Å². The molecule has 0 spiro atoms. The van der Waals surface area contributed by atoms with Gasteiger partial charge in [-0.15, -0.1) is 0 Å². The largest absolute Gasteiger partial charge is 0.497 e. The maximum atomic E-state index is 12.3. The molecule has 1 unspecified atom stereocenters. The highest BCUT2D eigenvalue weighted by Crippen LogP contribution is 2.18. The van der Waals surface area contributed by atoms with Gasteiger partial charge in [0.1, 0.15) is 11.6 Å². The molecule has 0 amide bonds. The number of methoxy groups -OCH3 is 1. The van der Waals surface area contributed by atoms with E-state index in [1.165, 1.54) is 5.56 Å². The third-order valence-electron chi connectivity index (χ3n) is 4.75. The molecule has 0 saturated carbocycles. The highest BCUT2D eigenvalue weighted by molar-refractivity contribution is 5.77. The van der Waals surface area contributed by atoms with Gasteiger partial charge in [-0.05, 0) is 43.2 Å². The topological polar surface area (TPSA) is 58.2 Å². The van der Waals surface area contributed by atoms with Crippen LogP contribution in [0.4, 0.5) is 0 Å². The van der Waals surface area contributed by atoms with Crippen LogP contribution in [0.5, 0.6) is 5.75 Å². The summed E-state index contributed by atoms with van der Waals surface area (Å²) in [6.45, 7) is 5.72. The number of nitrogens with zero attached hydrogens (tertiary/aromatic N) is 2. The van der Waals surface area contributed by atoms with Crippen LogP contribution in [0.15, 0.2) is 53.3 Å². The fraction of sp³-hybridized carbons (Fsp3) is 0.333. The first kappa shape index (κ1) is 18.1. The molecule has 0 saturated heterocycles. The zero-order valence-electron chi connectivity index (χ0n) is 15.5. The molecule has 5 nitrogen and oxygen atoms in total. The van der Waals surface area contributed by atoms with E-state index in [0.717, 1.165) is 24.2 Å². The van der Waals surface area contributed by atoms with Crippen LogP contribution >= 0.6 is 0 Å². The van der Waals surface area contributed by atoms with Gasteiger partial charge in [-0.1, -0.05) is 31.2 Å². The molecule has 26 heavy (non-hydrogen) atoms. The Kier molecular flexibility index (Phi) is 5.68. The fourth-order valence-corrected chi connectivity index (χ4v) is 3.03. The van der Waals surface area contributed by atoms with Crippen LogP contribution in [0.2, 0.25) is 0 Å². The van der Waals surface area contributed by atoms with Crippen LogP contribution in [-0.4, -0.2) is 28.0 Å².